The summed E-state index contributed by atoms with van der Waals surface area (Å²) in [4.78, 5) is 94.0. The molecule has 0 radical (unpaired) electrons. The maximum atomic E-state index is 12.4. The fraction of sp³-hybridized carbons (Fsp3) is 0.750. The third-order valence-corrected chi connectivity index (χ3v) is 7.28. The number of ether oxygens (including phenoxy) is 4. The van der Waals surface area contributed by atoms with Gasteiger partial charge in [-0.3, -0.25) is 34.6 Å². The minimum atomic E-state index is -1.47. The van der Waals surface area contributed by atoms with Crippen LogP contribution in [0.1, 0.15) is 57.8 Å². The molecule has 0 rings (SSSR count). The molecule has 23 nitrogen and oxygen atoms in total. The summed E-state index contributed by atoms with van der Waals surface area (Å²) in [6, 6.07) is -3.81. The quantitative estimate of drug-likeness (QED) is 0.0163. The van der Waals surface area contributed by atoms with Crippen molar-refractivity contribution in [3.05, 3.63) is 0 Å². The predicted octanol–water partition coefficient (Wildman–Crippen LogP) is -4.07. The number of nitrogens with one attached hydrogen (secondary N) is 6. The van der Waals surface area contributed by atoms with Crippen molar-refractivity contribution in [2.24, 2.45) is 11.6 Å². The SMILES string of the molecule is NCCCC(=O)NCCOCCOCC(=O)NCCOCCOCC(=O)N[C@@H](CCC(=O)NC(CCC(=O)NCCCC[C@H](NN)C(=O)O)C(=O)O)C(=O)O. The van der Waals surface area contributed by atoms with Gasteiger partial charge in [0, 0.05) is 38.9 Å². The molecule has 0 heterocycles. The Bertz CT molecular complexity index is 1180. The van der Waals surface area contributed by atoms with Gasteiger partial charge in [-0.05, 0) is 45.1 Å². The number of aliphatic carboxylic acids is 3. The Morgan fingerprint density at radius 2 is 0.927 bits per heavy atom. The molecule has 0 aromatic carbocycles. The molecule has 3 atom stereocenters. The minimum absolute atomic E-state index is 0.0175. The van der Waals surface area contributed by atoms with E-state index in [4.69, 9.17) is 35.6 Å². The Labute approximate surface area is 318 Å². The highest BCUT2D eigenvalue weighted by atomic mass is 16.5. The summed E-state index contributed by atoms with van der Waals surface area (Å²) >= 11 is 0. The number of unbranched alkanes of at least 4 members (excludes halogenated alkanes) is 1. The molecule has 13 N–H and O–H groups in total. The van der Waals surface area contributed by atoms with Crippen LogP contribution in [0.5, 0.6) is 0 Å². The second-order valence-electron chi connectivity index (χ2n) is 11.8. The zero-order chi connectivity index (χ0) is 41.3. The zero-order valence-electron chi connectivity index (χ0n) is 31.0. The molecule has 5 amide bonds. The lowest BCUT2D eigenvalue weighted by atomic mass is 10.1. The highest BCUT2D eigenvalue weighted by Gasteiger charge is 2.24. The molecule has 0 aliphatic carbocycles. The lowest BCUT2D eigenvalue weighted by Crippen LogP contribution is -2.45. The first kappa shape index (κ1) is 50.5. The van der Waals surface area contributed by atoms with Gasteiger partial charge in [-0.15, -0.1) is 0 Å². The fourth-order valence-corrected chi connectivity index (χ4v) is 4.33. The van der Waals surface area contributed by atoms with E-state index in [0.29, 0.717) is 45.4 Å². The molecular weight excluding hydrogens is 736 g/mol. The van der Waals surface area contributed by atoms with Crippen LogP contribution >= 0.6 is 0 Å². The van der Waals surface area contributed by atoms with E-state index in [0.717, 1.165) is 0 Å². The van der Waals surface area contributed by atoms with Crippen molar-refractivity contribution in [3.8, 4) is 0 Å². The van der Waals surface area contributed by atoms with Gasteiger partial charge in [0.1, 0.15) is 31.3 Å². The van der Waals surface area contributed by atoms with Crippen LogP contribution in [0.4, 0.5) is 0 Å². The fourth-order valence-electron chi connectivity index (χ4n) is 4.33. The summed E-state index contributed by atoms with van der Waals surface area (Å²) in [6.45, 7) is 1.49. The van der Waals surface area contributed by atoms with E-state index in [1.54, 1.807) is 0 Å². The molecule has 0 aromatic heterocycles. The molecular formula is C32H58N8O15. The van der Waals surface area contributed by atoms with E-state index < -0.39 is 66.8 Å². The molecule has 0 bridgehead atoms. The van der Waals surface area contributed by atoms with E-state index in [9.17, 15) is 48.6 Å². The van der Waals surface area contributed by atoms with Crippen molar-refractivity contribution in [2.75, 3.05) is 79.0 Å². The molecule has 0 aromatic rings. The van der Waals surface area contributed by atoms with Gasteiger partial charge in [-0.2, -0.15) is 0 Å². The van der Waals surface area contributed by atoms with Gasteiger partial charge >= 0.3 is 17.9 Å². The largest absolute Gasteiger partial charge is 0.480 e. The first-order valence-corrected chi connectivity index (χ1v) is 17.8. The third kappa shape index (κ3) is 29.5. The number of nitrogens with two attached hydrogens (primary N) is 2. The number of carboxylic acids is 3. The third-order valence-electron chi connectivity index (χ3n) is 7.28. The molecule has 0 fully saturated rings. The van der Waals surface area contributed by atoms with Crippen LogP contribution in [0.15, 0.2) is 0 Å². The van der Waals surface area contributed by atoms with E-state index in [1.807, 2.05) is 0 Å². The van der Waals surface area contributed by atoms with E-state index >= 15 is 0 Å². The van der Waals surface area contributed by atoms with Gasteiger partial charge in [0.2, 0.25) is 29.5 Å². The summed E-state index contributed by atoms with van der Waals surface area (Å²) in [7, 11) is 0. The van der Waals surface area contributed by atoms with E-state index in [-0.39, 0.29) is 90.2 Å². The number of carbonyl (C=O) groups is 8. The van der Waals surface area contributed by atoms with Crippen LogP contribution in [-0.2, 0) is 57.3 Å². The summed E-state index contributed by atoms with van der Waals surface area (Å²) < 4.78 is 21.0. The number of carbonyl (C=O) groups excluding carboxylic acids is 5. The van der Waals surface area contributed by atoms with E-state index in [2.05, 4.69) is 32.0 Å². The number of rotatable bonds is 36. The number of amides is 5. The molecule has 0 saturated carbocycles. The van der Waals surface area contributed by atoms with Gasteiger partial charge < -0.3 is 66.6 Å². The zero-order valence-corrected chi connectivity index (χ0v) is 31.0. The summed E-state index contributed by atoms with van der Waals surface area (Å²) in [5.41, 5.74) is 7.51. The Morgan fingerprint density at radius 3 is 1.45 bits per heavy atom. The van der Waals surface area contributed by atoms with Crippen molar-refractivity contribution in [2.45, 2.75) is 75.9 Å². The topological polar surface area (TPSA) is 358 Å². The molecule has 0 aliphatic rings. The lowest BCUT2D eigenvalue weighted by molar-refractivity contribution is -0.144. The Morgan fingerprint density at radius 1 is 0.473 bits per heavy atom. The Kier molecular flexibility index (Phi) is 30.2. The van der Waals surface area contributed by atoms with Crippen LogP contribution in [0, 0.1) is 0 Å². The predicted molar refractivity (Wildman–Crippen MR) is 191 cm³/mol. The Balaban J connectivity index is 4.08. The number of carboxylic acid groups (broad SMARTS) is 3. The maximum Gasteiger partial charge on any atom is 0.326 e. The van der Waals surface area contributed by atoms with Gasteiger partial charge in [-0.1, -0.05) is 0 Å². The number of hydrazine groups is 1. The van der Waals surface area contributed by atoms with Crippen LogP contribution in [0.3, 0.4) is 0 Å². The highest BCUT2D eigenvalue weighted by Crippen LogP contribution is 2.04. The van der Waals surface area contributed by atoms with Crippen LogP contribution in [0.2, 0.25) is 0 Å². The first-order valence-electron chi connectivity index (χ1n) is 17.8. The maximum absolute atomic E-state index is 12.4. The van der Waals surface area contributed by atoms with Gasteiger partial charge in [0.05, 0.1) is 39.6 Å². The summed E-state index contributed by atoms with van der Waals surface area (Å²) in [6.07, 6.45) is 0.880. The summed E-state index contributed by atoms with van der Waals surface area (Å²) in [5.74, 6) is -1.28. The first-order chi connectivity index (χ1) is 26.3. The number of hydrogen-bond acceptors (Lipinski definition) is 15. The van der Waals surface area contributed by atoms with Crippen molar-refractivity contribution >= 4 is 47.4 Å². The van der Waals surface area contributed by atoms with Crippen molar-refractivity contribution in [1.82, 2.24) is 32.0 Å². The molecule has 55 heavy (non-hydrogen) atoms. The van der Waals surface area contributed by atoms with Crippen molar-refractivity contribution in [3.63, 3.8) is 0 Å². The molecule has 0 aliphatic heterocycles. The highest BCUT2D eigenvalue weighted by molar-refractivity contribution is 5.86. The standard InChI is InChI=1S/C32H58N8O15/c33-10-3-5-25(41)36-12-14-52-16-18-54-20-28(44)37-13-15-53-17-19-55-21-29(45)39-23(31(48)49)7-9-27(43)38-22(30(46)47)6-8-26(42)35-11-2-1-4-24(40-34)32(50)51/h22-24,40H,1-21,33-34H2,(H,35,42)(H,36,41)(H,37,44)(H,38,43)(H,39,45)(H,46,47)(H,48,49)(H,50,51)/t22?,23-,24-/m0/s1. The smallest absolute Gasteiger partial charge is 0.326 e. The normalized spacial score (nSPS) is 12.5. The van der Waals surface area contributed by atoms with E-state index in [1.165, 1.54) is 0 Å². The van der Waals surface area contributed by atoms with Crippen molar-refractivity contribution < 1.29 is 72.6 Å². The molecule has 1 unspecified atom stereocenters. The molecule has 23 heteroatoms. The summed E-state index contributed by atoms with van der Waals surface area (Å²) in [5, 5.41) is 40.1. The number of hydrogen-bond donors (Lipinski definition) is 11. The van der Waals surface area contributed by atoms with Crippen LogP contribution < -0.4 is 43.6 Å². The van der Waals surface area contributed by atoms with Crippen LogP contribution in [0.25, 0.3) is 0 Å². The van der Waals surface area contributed by atoms with Crippen LogP contribution in [-0.4, -0.2) is 160 Å². The second kappa shape index (κ2) is 32.9. The van der Waals surface area contributed by atoms with Gasteiger partial charge in [-0.25, -0.2) is 15.0 Å². The van der Waals surface area contributed by atoms with Crippen molar-refractivity contribution in [1.29, 1.82) is 0 Å². The lowest BCUT2D eigenvalue weighted by Gasteiger charge is -2.17. The monoisotopic (exact) mass is 794 g/mol. The average molecular weight is 795 g/mol. The molecule has 316 valence electrons. The minimum Gasteiger partial charge on any atom is -0.480 e. The Hall–Kier alpha value is -4.52. The average Bonchev–Trinajstić information content (AvgIpc) is 3.13. The second-order valence-corrected chi connectivity index (χ2v) is 11.8. The van der Waals surface area contributed by atoms with Gasteiger partial charge in [0.25, 0.3) is 0 Å². The molecule has 0 spiro atoms. The van der Waals surface area contributed by atoms with Gasteiger partial charge in [0.15, 0.2) is 0 Å². The molecule has 0 saturated heterocycles.